The van der Waals surface area contributed by atoms with Gasteiger partial charge in [-0.15, -0.1) is 0 Å². The van der Waals surface area contributed by atoms with Gasteiger partial charge in [0.2, 0.25) is 11.2 Å². The summed E-state index contributed by atoms with van der Waals surface area (Å²) in [4.78, 5) is 24.6. The molecule has 0 radical (unpaired) electrons. The number of esters is 1. The van der Waals surface area contributed by atoms with E-state index in [-0.39, 0.29) is 34.8 Å². The number of carbonyl (C=O) groups excluding carboxylic acids is 1. The molecule has 0 fully saturated rings. The Labute approximate surface area is 154 Å². The molecule has 0 aliphatic carbocycles. The van der Waals surface area contributed by atoms with E-state index < -0.39 is 18.0 Å². The van der Waals surface area contributed by atoms with E-state index >= 15 is 0 Å². The lowest BCUT2D eigenvalue weighted by atomic mass is 10.1. The predicted molar refractivity (Wildman–Crippen MR) is 98.3 cm³/mol. The van der Waals surface area contributed by atoms with Crippen LogP contribution in [0.3, 0.4) is 0 Å². The quantitative estimate of drug-likeness (QED) is 0.666. The summed E-state index contributed by atoms with van der Waals surface area (Å²) in [6, 6.07) is 11.3. The van der Waals surface area contributed by atoms with E-state index in [9.17, 15) is 14.7 Å². The molecule has 0 saturated carbocycles. The molecule has 7 heteroatoms. The summed E-state index contributed by atoms with van der Waals surface area (Å²) >= 11 is 0. The summed E-state index contributed by atoms with van der Waals surface area (Å²) in [5, 5.41) is 10.0. The summed E-state index contributed by atoms with van der Waals surface area (Å²) < 4.78 is 21.2. The zero-order valence-corrected chi connectivity index (χ0v) is 14.9. The lowest BCUT2D eigenvalue weighted by Crippen LogP contribution is -2.18. The van der Waals surface area contributed by atoms with Crippen LogP contribution in [0.1, 0.15) is 6.92 Å². The van der Waals surface area contributed by atoms with Gasteiger partial charge in [0.25, 0.3) is 0 Å². The minimum atomic E-state index is -0.616. The zero-order chi connectivity index (χ0) is 19.4. The molecule has 1 aromatic heterocycles. The molecule has 0 unspecified atom stereocenters. The second-order valence-corrected chi connectivity index (χ2v) is 5.56. The fraction of sp³-hybridized carbons (Fsp3) is 0.200. The van der Waals surface area contributed by atoms with Gasteiger partial charge in [-0.3, -0.25) is 4.79 Å². The smallest absolute Gasteiger partial charge is 0.344 e. The number of phenols is 1. The average Bonchev–Trinajstić information content (AvgIpc) is 2.67. The van der Waals surface area contributed by atoms with E-state index in [4.69, 9.17) is 18.6 Å². The fourth-order valence-electron chi connectivity index (χ4n) is 2.60. The number of rotatable bonds is 6. The van der Waals surface area contributed by atoms with Crippen molar-refractivity contribution in [2.24, 2.45) is 0 Å². The van der Waals surface area contributed by atoms with Crippen molar-refractivity contribution in [2.75, 3.05) is 20.3 Å². The van der Waals surface area contributed by atoms with Crippen molar-refractivity contribution < 1.29 is 28.5 Å². The predicted octanol–water partition coefficient (Wildman–Crippen LogP) is 3.12. The van der Waals surface area contributed by atoms with Crippen molar-refractivity contribution in [3.63, 3.8) is 0 Å². The van der Waals surface area contributed by atoms with Gasteiger partial charge >= 0.3 is 5.97 Å². The summed E-state index contributed by atoms with van der Waals surface area (Å²) in [7, 11) is 1.54. The monoisotopic (exact) mass is 370 g/mol. The first-order chi connectivity index (χ1) is 13.0. The van der Waals surface area contributed by atoms with Crippen LogP contribution < -0.4 is 14.9 Å². The minimum absolute atomic E-state index is 0.0198. The van der Waals surface area contributed by atoms with Gasteiger partial charge in [-0.25, -0.2) is 4.79 Å². The van der Waals surface area contributed by atoms with Crippen molar-refractivity contribution in [3.05, 3.63) is 52.7 Å². The molecule has 0 spiro atoms. The van der Waals surface area contributed by atoms with Crippen LogP contribution >= 0.6 is 0 Å². The highest BCUT2D eigenvalue weighted by Crippen LogP contribution is 2.34. The Kier molecular flexibility index (Phi) is 5.30. The molecule has 1 heterocycles. The number of carbonyl (C=O) groups is 1. The number of aromatic hydroxyl groups is 1. The summed E-state index contributed by atoms with van der Waals surface area (Å²) in [6.45, 7) is 1.41. The molecule has 0 aliphatic heterocycles. The Hall–Kier alpha value is -3.48. The van der Waals surface area contributed by atoms with Crippen LogP contribution in [0, 0.1) is 0 Å². The van der Waals surface area contributed by atoms with Gasteiger partial charge < -0.3 is 23.7 Å². The van der Waals surface area contributed by atoms with Gasteiger partial charge in [-0.2, -0.15) is 0 Å². The third kappa shape index (κ3) is 3.72. The van der Waals surface area contributed by atoms with E-state index in [2.05, 4.69) is 0 Å². The molecule has 0 bridgehead atoms. The topological polar surface area (TPSA) is 95.2 Å². The number of hydrogen-bond donors (Lipinski definition) is 1. The van der Waals surface area contributed by atoms with Crippen molar-refractivity contribution in [2.45, 2.75) is 6.92 Å². The molecular formula is C20H18O7. The number of benzene rings is 2. The second-order valence-electron chi connectivity index (χ2n) is 5.56. The number of hydrogen-bond acceptors (Lipinski definition) is 7. The highest BCUT2D eigenvalue weighted by atomic mass is 16.6. The number of fused-ring (bicyclic) bond motifs is 1. The Bertz CT molecular complexity index is 1020. The van der Waals surface area contributed by atoms with Crippen LogP contribution in [0.2, 0.25) is 0 Å². The third-order valence-corrected chi connectivity index (χ3v) is 3.85. The maximum Gasteiger partial charge on any atom is 0.344 e. The molecule has 3 rings (SSSR count). The van der Waals surface area contributed by atoms with Crippen molar-refractivity contribution in [1.82, 2.24) is 0 Å². The largest absolute Gasteiger partial charge is 0.507 e. The van der Waals surface area contributed by atoms with Gasteiger partial charge in [0, 0.05) is 5.56 Å². The third-order valence-electron chi connectivity index (χ3n) is 3.85. The van der Waals surface area contributed by atoms with Crippen molar-refractivity contribution >= 4 is 16.9 Å². The van der Waals surface area contributed by atoms with Gasteiger partial charge in [-0.05, 0) is 43.3 Å². The molecule has 27 heavy (non-hydrogen) atoms. The molecule has 0 atom stereocenters. The van der Waals surface area contributed by atoms with E-state index in [1.165, 1.54) is 6.07 Å². The summed E-state index contributed by atoms with van der Waals surface area (Å²) in [6.07, 6.45) is 0. The molecule has 0 aliphatic rings. The molecule has 7 nitrogen and oxygen atoms in total. The van der Waals surface area contributed by atoms with Crippen molar-refractivity contribution in [1.29, 1.82) is 0 Å². The van der Waals surface area contributed by atoms with Gasteiger partial charge in [0.15, 0.2) is 12.4 Å². The van der Waals surface area contributed by atoms with Gasteiger partial charge in [0.05, 0.1) is 13.7 Å². The molecule has 3 aromatic rings. The van der Waals surface area contributed by atoms with E-state index in [0.29, 0.717) is 11.3 Å². The van der Waals surface area contributed by atoms with Crippen LogP contribution in [-0.4, -0.2) is 31.4 Å². The van der Waals surface area contributed by atoms with Gasteiger partial charge in [-0.1, -0.05) is 6.07 Å². The Morgan fingerprint density at radius 3 is 2.56 bits per heavy atom. The van der Waals surface area contributed by atoms with E-state index in [1.807, 2.05) is 0 Å². The van der Waals surface area contributed by atoms with Crippen LogP contribution in [-0.2, 0) is 9.53 Å². The van der Waals surface area contributed by atoms with Crippen LogP contribution in [0.25, 0.3) is 22.3 Å². The Morgan fingerprint density at radius 1 is 1.15 bits per heavy atom. The molecule has 0 amide bonds. The average molecular weight is 370 g/mol. The first kappa shape index (κ1) is 18.3. The molecular weight excluding hydrogens is 352 g/mol. The summed E-state index contributed by atoms with van der Waals surface area (Å²) in [5.41, 5.74) is 0.177. The maximum atomic E-state index is 12.9. The summed E-state index contributed by atoms with van der Waals surface area (Å²) in [5.74, 6) is -0.251. The second kappa shape index (κ2) is 7.82. The van der Waals surface area contributed by atoms with E-state index in [0.717, 1.165) is 0 Å². The van der Waals surface area contributed by atoms with Crippen molar-refractivity contribution in [3.8, 4) is 28.6 Å². The molecule has 1 N–H and O–H groups in total. The minimum Gasteiger partial charge on any atom is -0.507 e. The first-order valence-corrected chi connectivity index (χ1v) is 8.26. The number of phenolic OH excluding ortho intramolecular Hbond substituents is 1. The van der Waals surface area contributed by atoms with Crippen LogP contribution in [0.5, 0.6) is 17.2 Å². The molecule has 0 saturated heterocycles. The van der Waals surface area contributed by atoms with E-state index in [1.54, 1.807) is 50.4 Å². The molecule has 2 aromatic carbocycles. The number of methoxy groups -OCH3 is 1. The highest BCUT2D eigenvalue weighted by Gasteiger charge is 2.21. The molecule has 140 valence electrons. The van der Waals surface area contributed by atoms with Gasteiger partial charge in [0.1, 0.15) is 22.5 Å². The highest BCUT2D eigenvalue weighted by molar-refractivity contribution is 5.87. The lowest BCUT2D eigenvalue weighted by molar-refractivity contribution is -0.145. The van der Waals surface area contributed by atoms with Crippen LogP contribution in [0.15, 0.2) is 51.7 Å². The normalized spacial score (nSPS) is 10.6. The first-order valence-electron chi connectivity index (χ1n) is 8.26. The zero-order valence-electron chi connectivity index (χ0n) is 14.9. The fourth-order valence-corrected chi connectivity index (χ4v) is 2.60. The standard InChI is InChI=1S/C20H18O7/c1-3-25-16(22)11-26-20-18(23)17-14(21)5-4-6-15(17)27-19(20)12-7-9-13(24-2)10-8-12/h4-10,21H,3,11H2,1-2H3. The van der Waals surface area contributed by atoms with Crippen LogP contribution in [0.4, 0.5) is 0 Å². The Balaban J connectivity index is 2.15. The lowest BCUT2D eigenvalue weighted by Gasteiger charge is -2.12. The Morgan fingerprint density at radius 2 is 1.89 bits per heavy atom. The number of ether oxygens (including phenoxy) is 3. The maximum absolute atomic E-state index is 12.9. The SMILES string of the molecule is CCOC(=O)COc1c(-c2ccc(OC)cc2)oc2cccc(O)c2c1=O.